The van der Waals surface area contributed by atoms with Crippen LogP contribution in [0.25, 0.3) is 10.6 Å². The first-order chi connectivity index (χ1) is 13.8. The zero-order valence-corrected chi connectivity index (χ0v) is 17.7. The van der Waals surface area contributed by atoms with Crippen molar-refractivity contribution in [1.29, 1.82) is 0 Å². The van der Waals surface area contributed by atoms with E-state index in [4.69, 9.17) is 0 Å². The quantitative estimate of drug-likeness (QED) is 0.640. The minimum Gasteiger partial charge on any atom is -0.340 e. The molecule has 0 saturated carbocycles. The number of aromatic nitrogens is 2. The van der Waals surface area contributed by atoms with Gasteiger partial charge in [0.2, 0.25) is 11.0 Å². The molecule has 2 amide bonds. The van der Waals surface area contributed by atoms with Crippen molar-refractivity contribution in [3.63, 3.8) is 0 Å². The SMILES string of the molecule is Cc1ccc(C(=O)N[C@H](C(=O)Nc2nnc(-c3cccc(C)c3)s2)C(C)C)cc1. The number of rotatable bonds is 6. The number of benzene rings is 2. The van der Waals surface area contributed by atoms with E-state index < -0.39 is 6.04 Å². The van der Waals surface area contributed by atoms with Gasteiger partial charge in [-0.3, -0.25) is 14.9 Å². The molecule has 3 rings (SSSR count). The molecule has 0 unspecified atom stereocenters. The average molecular weight is 409 g/mol. The molecule has 2 aromatic carbocycles. The number of carbonyl (C=O) groups excluding carboxylic acids is 2. The molecule has 150 valence electrons. The fourth-order valence-corrected chi connectivity index (χ4v) is 3.56. The van der Waals surface area contributed by atoms with Gasteiger partial charge in [0.1, 0.15) is 11.0 Å². The van der Waals surface area contributed by atoms with Crippen LogP contribution in [0.15, 0.2) is 48.5 Å². The van der Waals surface area contributed by atoms with E-state index in [2.05, 4.69) is 20.8 Å². The molecular formula is C22H24N4O2S. The predicted octanol–water partition coefficient (Wildman–Crippen LogP) is 4.22. The highest BCUT2D eigenvalue weighted by atomic mass is 32.1. The predicted molar refractivity (Wildman–Crippen MR) is 116 cm³/mol. The van der Waals surface area contributed by atoms with Crippen LogP contribution in [0.1, 0.15) is 35.3 Å². The molecule has 0 fully saturated rings. The summed E-state index contributed by atoms with van der Waals surface area (Å²) in [6.07, 6.45) is 0. The van der Waals surface area contributed by atoms with Crippen LogP contribution in [0, 0.1) is 19.8 Å². The van der Waals surface area contributed by atoms with Crippen LogP contribution >= 0.6 is 11.3 Å². The molecule has 2 N–H and O–H groups in total. The van der Waals surface area contributed by atoms with Gasteiger partial charge in [0.25, 0.3) is 5.91 Å². The lowest BCUT2D eigenvalue weighted by atomic mass is 10.0. The number of nitrogens with zero attached hydrogens (tertiary/aromatic N) is 2. The third-order valence-electron chi connectivity index (χ3n) is 4.47. The summed E-state index contributed by atoms with van der Waals surface area (Å²) in [7, 11) is 0. The van der Waals surface area contributed by atoms with Crippen LogP contribution in [0.3, 0.4) is 0 Å². The van der Waals surface area contributed by atoms with Crippen LogP contribution in [-0.4, -0.2) is 28.1 Å². The Labute approximate surface area is 174 Å². The number of nitrogens with one attached hydrogen (secondary N) is 2. The second-order valence-electron chi connectivity index (χ2n) is 7.33. The van der Waals surface area contributed by atoms with E-state index in [0.29, 0.717) is 10.7 Å². The summed E-state index contributed by atoms with van der Waals surface area (Å²) in [6.45, 7) is 7.74. The lowest BCUT2D eigenvalue weighted by Gasteiger charge is -2.21. The van der Waals surface area contributed by atoms with Gasteiger partial charge in [0.05, 0.1) is 0 Å². The molecule has 1 atom stereocenters. The molecule has 29 heavy (non-hydrogen) atoms. The number of carbonyl (C=O) groups is 2. The number of aryl methyl sites for hydroxylation is 2. The fraction of sp³-hybridized carbons (Fsp3) is 0.273. The molecule has 0 aliphatic rings. The lowest BCUT2D eigenvalue weighted by molar-refractivity contribution is -0.118. The van der Waals surface area contributed by atoms with Crippen molar-refractivity contribution in [3.8, 4) is 10.6 Å². The summed E-state index contributed by atoms with van der Waals surface area (Å²) in [5, 5.41) is 15.0. The molecule has 7 heteroatoms. The maximum Gasteiger partial charge on any atom is 0.251 e. The summed E-state index contributed by atoms with van der Waals surface area (Å²) in [6, 6.07) is 14.5. The number of hydrogen-bond acceptors (Lipinski definition) is 5. The third kappa shape index (κ3) is 5.26. The highest BCUT2D eigenvalue weighted by Crippen LogP contribution is 2.27. The summed E-state index contributed by atoms with van der Waals surface area (Å²) in [5.74, 6) is -0.683. The van der Waals surface area contributed by atoms with Gasteiger partial charge >= 0.3 is 0 Å². The van der Waals surface area contributed by atoms with Crippen molar-refractivity contribution in [1.82, 2.24) is 15.5 Å². The zero-order chi connectivity index (χ0) is 21.0. The molecule has 3 aromatic rings. The maximum absolute atomic E-state index is 12.8. The highest BCUT2D eigenvalue weighted by molar-refractivity contribution is 7.18. The number of anilines is 1. The van der Waals surface area contributed by atoms with Crippen LogP contribution in [0.5, 0.6) is 0 Å². The van der Waals surface area contributed by atoms with Crippen molar-refractivity contribution < 1.29 is 9.59 Å². The average Bonchev–Trinajstić information content (AvgIpc) is 3.14. The van der Waals surface area contributed by atoms with Crippen molar-refractivity contribution in [2.24, 2.45) is 5.92 Å². The Bertz CT molecular complexity index is 1010. The minimum absolute atomic E-state index is 0.0893. The molecule has 0 aliphatic heterocycles. The van der Waals surface area contributed by atoms with E-state index in [-0.39, 0.29) is 17.7 Å². The van der Waals surface area contributed by atoms with E-state index in [1.165, 1.54) is 11.3 Å². The Morgan fingerprint density at radius 3 is 2.34 bits per heavy atom. The molecule has 0 bridgehead atoms. The first-order valence-corrected chi connectivity index (χ1v) is 10.2. The van der Waals surface area contributed by atoms with Gasteiger partial charge in [0, 0.05) is 11.1 Å². The third-order valence-corrected chi connectivity index (χ3v) is 5.36. The second kappa shape index (κ2) is 8.96. The molecule has 0 radical (unpaired) electrons. The van der Waals surface area contributed by atoms with E-state index in [1.807, 2.05) is 64.1 Å². The monoisotopic (exact) mass is 408 g/mol. The van der Waals surface area contributed by atoms with Crippen LogP contribution in [-0.2, 0) is 4.79 Å². The van der Waals surface area contributed by atoms with E-state index >= 15 is 0 Å². The Hall–Kier alpha value is -3.06. The Morgan fingerprint density at radius 2 is 1.69 bits per heavy atom. The minimum atomic E-state index is -0.685. The number of hydrogen-bond donors (Lipinski definition) is 2. The van der Waals surface area contributed by atoms with E-state index in [0.717, 1.165) is 21.7 Å². The standard InChI is InChI=1S/C22H24N4O2S/c1-13(2)18(23-19(27)16-10-8-14(3)9-11-16)20(28)24-22-26-25-21(29-22)17-7-5-6-15(4)12-17/h5-13,18H,1-4H3,(H,23,27)(H,24,26,28)/t18-/m0/s1. The first-order valence-electron chi connectivity index (χ1n) is 9.42. The van der Waals surface area contributed by atoms with E-state index in [9.17, 15) is 9.59 Å². The highest BCUT2D eigenvalue weighted by Gasteiger charge is 2.25. The first kappa shape index (κ1) is 20.7. The lowest BCUT2D eigenvalue weighted by Crippen LogP contribution is -2.47. The van der Waals surface area contributed by atoms with Gasteiger partial charge in [-0.25, -0.2) is 0 Å². The Balaban J connectivity index is 1.70. The van der Waals surface area contributed by atoms with Crippen molar-refractivity contribution >= 4 is 28.3 Å². The maximum atomic E-state index is 12.8. The molecule has 6 nitrogen and oxygen atoms in total. The Kier molecular flexibility index (Phi) is 6.39. The van der Waals surface area contributed by atoms with E-state index in [1.54, 1.807) is 12.1 Å². The van der Waals surface area contributed by atoms with Crippen molar-refractivity contribution in [3.05, 3.63) is 65.2 Å². The molecular weight excluding hydrogens is 384 g/mol. The summed E-state index contributed by atoms with van der Waals surface area (Å²) in [5.41, 5.74) is 3.67. The van der Waals surface area contributed by atoms with Gasteiger partial charge in [-0.2, -0.15) is 0 Å². The molecule has 0 aliphatic carbocycles. The second-order valence-corrected chi connectivity index (χ2v) is 8.31. The molecule has 0 spiro atoms. The molecule has 1 aromatic heterocycles. The van der Waals surface area contributed by atoms with Crippen LogP contribution in [0.2, 0.25) is 0 Å². The summed E-state index contributed by atoms with van der Waals surface area (Å²) >= 11 is 1.30. The smallest absolute Gasteiger partial charge is 0.251 e. The number of amides is 2. The van der Waals surface area contributed by atoms with Gasteiger partial charge in [-0.1, -0.05) is 66.6 Å². The van der Waals surface area contributed by atoms with Gasteiger partial charge in [-0.05, 0) is 38.0 Å². The summed E-state index contributed by atoms with van der Waals surface area (Å²) < 4.78 is 0. The van der Waals surface area contributed by atoms with Gasteiger partial charge in [-0.15, -0.1) is 10.2 Å². The Morgan fingerprint density at radius 1 is 0.966 bits per heavy atom. The van der Waals surface area contributed by atoms with Gasteiger partial charge in [0.15, 0.2) is 0 Å². The molecule has 1 heterocycles. The van der Waals surface area contributed by atoms with Crippen molar-refractivity contribution in [2.45, 2.75) is 33.7 Å². The molecule has 0 saturated heterocycles. The fourth-order valence-electron chi connectivity index (χ4n) is 2.82. The summed E-state index contributed by atoms with van der Waals surface area (Å²) in [4.78, 5) is 25.3. The van der Waals surface area contributed by atoms with Crippen molar-refractivity contribution in [2.75, 3.05) is 5.32 Å². The normalized spacial score (nSPS) is 11.9. The largest absolute Gasteiger partial charge is 0.340 e. The topological polar surface area (TPSA) is 84.0 Å². The van der Waals surface area contributed by atoms with Gasteiger partial charge < -0.3 is 5.32 Å². The van der Waals surface area contributed by atoms with Crippen LogP contribution < -0.4 is 10.6 Å². The zero-order valence-electron chi connectivity index (χ0n) is 16.9. The van der Waals surface area contributed by atoms with Crippen LogP contribution in [0.4, 0.5) is 5.13 Å².